The van der Waals surface area contributed by atoms with E-state index in [0.717, 1.165) is 83.5 Å². The maximum Gasteiger partial charge on any atom is 0.306 e. The number of carbonyl (C=O) groups is 2. The summed E-state index contributed by atoms with van der Waals surface area (Å²) in [4.78, 5) is 37.5. The summed E-state index contributed by atoms with van der Waals surface area (Å²) < 4.78 is 33.9. The number of quaternary nitrogens is 1. The number of phosphoric acid groups is 1. The number of phosphoric ester groups is 1. The maximum absolute atomic E-state index is 12.7. The number of carbonyl (C=O) groups excluding carboxylic acids is 2. The van der Waals surface area contributed by atoms with Crippen LogP contribution in [0.5, 0.6) is 0 Å². The monoisotopic (exact) mass is 852 g/mol. The molecule has 344 valence electrons. The van der Waals surface area contributed by atoms with Crippen molar-refractivity contribution >= 4 is 19.8 Å². The third kappa shape index (κ3) is 45.3. The normalized spacial score (nSPS) is 13.9. The average Bonchev–Trinajstić information content (AvgIpc) is 3.19. The van der Waals surface area contributed by atoms with Crippen LogP contribution in [0.1, 0.15) is 200 Å². The van der Waals surface area contributed by atoms with E-state index in [0.29, 0.717) is 17.4 Å². The summed E-state index contributed by atoms with van der Waals surface area (Å²) in [5, 5.41) is 0. The predicted molar refractivity (Wildman–Crippen MR) is 245 cm³/mol. The fraction of sp³-hybridized carbons (Fsp3) is 0.796. The molecule has 0 saturated carbocycles. The van der Waals surface area contributed by atoms with Crippen LogP contribution in [0.15, 0.2) is 48.6 Å². The molecule has 0 spiro atoms. The second kappa shape index (κ2) is 41.3. The van der Waals surface area contributed by atoms with E-state index in [-0.39, 0.29) is 26.1 Å². The number of unbranched alkanes of at least 4 members (excludes halogenated alkanes) is 21. The molecule has 0 aliphatic carbocycles. The van der Waals surface area contributed by atoms with Crippen molar-refractivity contribution < 1.29 is 42.1 Å². The third-order valence-electron chi connectivity index (χ3n) is 10.1. The van der Waals surface area contributed by atoms with E-state index in [1.807, 2.05) is 21.1 Å². The first-order valence-corrected chi connectivity index (χ1v) is 25.3. The number of rotatable bonds is 43. The number of ether oxygens (including phenoxy) is 2. The Bertz CT molecular complexity index is 1150. The van der Waals surface area contributed by atoms with Crippen molar-refractivity contribution in [2.24, 2.45) is 0 Å². The van der Waals surface area contributed by atoms with E-state index in [4.69, 9.17) is 18.5 Å². The van der Waals surface area contributed by atoms with Crippen LogP contribution in [0.25, 0.3) is 0 Å². The van der Waals surface area contributed by atoms with Crippen molar-refractivity contribution in [2.75, 3.05) is 47.5 Å². The number of hydrogen-bond donors (Lipinski definition) is 0. The largest absolute Gasteiger partial charge is 0.756 e. The van der Waals surface area contributed by atoms with Gasteiger partial charge in [-0.25, -0.2) is 0 Å². The molecule has 0 aromatic heterocycles. The number of allylic oxidation sites excluding steroid dienone is 8. The lowest BCUT2D eigenvalue weighted by Gasteiger charge is -2.28. The molecule has 10 heteroatoms. The molecule has 59 heavy (non-hydrogen) atoms. The summed E-state index contributed by atoms with van der Waals surface area (Å²) in [6.07, 6.45) is 48.6. The van der Waals surface area contributed by atoms with Crippen LogP contribution >= 0.6 is 7.82 Å². The molecule has 0 heterocycles. The van der Waals surface area contributed by atoms with Gasteiger partial charge in [0.25, 0.3) is 7.82 Å². The number of esters is 2. The lowest BCUT2D eigenvalue weighted by molar-refractivity contribution is -0.870. The highest BCUT2D eigenvalue weighted by atomic mass is 31.2. The zero-order chi connectivity index (χ0) is 43.6. The predicted octanol–water partition coefficient (Wildman–Crippen LogP) is 13.2. The van der Waals surface area contributed by atoms with Gasteiger partial charge in [0.1, 0.15) is 19.8 Å². The summed E-state index contributed by atoms with van der Waals surface area (Å²) in [7, 11) is 1.15. The molecule has 0 fully saturated rings. The van der Waals surface area contributed by atoms with Crippen LogP contribution in [0.3, 0.4) is 0 Å². The van der Waals surface area contributed by atoms with Gasteiger partial charge in [0.05, 0.1) is 27.7 Å². The highest BCUT2D eigenvalue weighted by molar-refractivity contribution is 7.45. The van der Waals surface area contributed by atoms with Gasteiger partial charge in [-0.2, -0.15) is 0 Å². The van der Waals surface area contributed by atoms with Gasteiger partial charge in [-0.1, -0.05) is 165 Å². The molecule has 0 rings (SSSR count). The molecule has 9 nitrogen and oxygen atoms in total. The van der Waals surface area contributed by atoms with Crippen LogP contribution in [-0.2, 0) is 32.7 Å². The Labute approximate surface area is 363 Å². The maximum atomic E-state index is 12.7. The van der Waals surface area contributed by atoms with Crippen molar-refractivity contribution in [1.82, 2.24) is 0 Å². The standard InChI is InChI=1S/C49H90NO8P/c1-6-8-10-12-14-16-18-19-20-21-22-23-24-25-26-27-28-29-30-31-32-34-36-38-40-42-49(52)58-47(46-57-59(53,54)56-44-43-50(3,4)5)45-55-48(51)41-39-37-35-33-17-15-13-11-9-7-2/h11,13,18-19,21-22,24-25,47H,6-10,12,14-17,20,23,26-46H2,1-5H3/b13-11-,19-18-,22-21-,25-24-. The van der Waals surface area contributed by atoms with E-state index in [1.54, 1.807) is 0 Å². The molecular weight excluding hydrogens is 762 g/mol. The molecule has 2 atom stereocenters. The minimum absolute atomic E-state index is 0.0341. The van der Waals surface area contributed by atoms with Gasteiger partial charge in [0.2, 0.25) is 0 Å². The molecule has 0 aliphatic rings. The van der Waals surface area contributed by atoms with Crippen molar-refractivity contribution in [3.05, 3.63) is 48.6 Å². The summed E-state index contributed by atoms with van der Waals surface area (Å²) in [5.74, 6) is -0.852. The topological polar surface area (TPSA) is 111 Å². The molecule has 2 unspecified atom stereocenters. The van der Waals surface area contributed by atoms with Gasteiger partial charge in [-0.05, 0) is 70.6 Å². The molecule has 0 aromatic carbocycles. The zero-order valence-electron chi connectivity index (χ0n) is 38.7. The molecule has 0 saturated heterocycles. The second-order valence-corrected chi connectivity index (χ2v) is 18.5. The molecule has 0 radical (unpaired) electrons. The Kier molecular flexibility index (Phi) is 39.9. The van der Waals surface area contributed by atoms with Gasteiger partial charge < -0.3 is 27.9 Å². The summed E-state index contributed by atoms with van der Waals surface area (Å²) in [5.41, 5.74) is 0. The molecule has 0 aromatic rings. The summed E-state index contributed by atoms with van der Waals surface area (Å²) >= 11 is 0. The first-order chi connectivity index (χ1) is 28.5. The Hall–Kier alpha value is -2.03. The van der Waals surface area contributed by atoms with E-state index >= 15 is 0 Å². The SMILES string of the molecule is CCC/C=C\CCCCCCCC(=O)OCC(COP(=O)([O-])OCC[N+](C)(C)C)OC(=O)CCCCCCCCCCCC/C=C\C/C=C\C/C=C\CCCCCCC. The van der Waals surface area contributed by atoms with Crippen molar-refractivity contribution in [3.8, 4) is 0 Å². The van der Waals surface area contributed by atoms with Gasteiger partial charge in [0, 0.05) is 12.8 Å². The first kappa shape index (κ1) is 57.0. The third-order valence-corrected chi connectivity index (χ3v) is 11.0. The van der Waals surface area contributed by atoms with E-state index in [2.05, 4.69) is 62.5 Å². The van der Waals surface area contributed by atoms with E-state index < -0.39 is 32.5 Å². The van der Waals surface area contributed by atoms with E-state index in [1.165, 1.54) is 83.5 Å². The molecule has 0 amide bonds. The Morgan fingerprint density at radius 2 is 0.949 bits per heavy atom. The van der Waals surface area contributed by atoms with Crippen LogP contribution in [0.2, 0.25) is 0 Å². The molecule has 0 N–H and O–H groups in total. The number of hydrogen-bond acceptors (Lipinski definition) is 8. The van der Waals surface area contributed by atoms with Gasteiger partial charge in [-0.3, -0.25) is 14.2 Å². The molecular formula is C49H90NO8P. The fourth-order valence-corrected chi connectivity index (χ4v) is 7.04. The van der Waals surface area contributed by atoms with Crippen molar-refractivity contribution in [1.29, 1.82) is 0 Å². The van der Waals surface area contributed by atoms with Crippen molar-refractivity contribution in [3.63, 3.8) is 0 Å². The zero-order valence-corrected chi connectivity index (χ0v) is 39.6. The van der Waals surface area contributed by atoms with Gasteiger partial charge >= 0.3 is 11.9 Å². The van der Waals surface area contributed by atoms with Crippen LogP contribution in [0, 0.1) is 0 Å². The fourth-order valence-electron chi connectivity index (χ4n) is 6.31. The smallest absolute Gasteiger partial charge is 0.306 e. The minimum atomic E-state index is -4.63. The molecule has 0 aliphatic heterocycles. The van der Waals surface area contributed by atoms with Gasteiger partial charge in [0.15, 0.2) is 6.10 Å². The van der Waals surface area contributed by atoms with E-state index in [9.17, 15) is 19.0 Å². The quantitative estimate of drug-likeness (QED) is 0.0196. The number of nitrogens with zero attached hydrogens (tertiary/aromatic N) is 1. The Balaban J connectivity index is 4.20. The Morgan fingerprint density at radius 3 is 1.44 bits per heavy atom. The minimum Gasteiger partial charge on any atom is -0.756 e. The number of likely N-dealkylation sites (N-methyl/N-ethyl adjacent to an activating group) is 1. The molecule has 0 bridgehead atoms. The lowest BCUT2D eigenvalue weighted by atomic mass is 10.0. The first-order valence-electron chi connectivity index (χ1n) is 23.8. The summed E-state index contributed by atoms with van der Waals surface area (Å²) in [6, 6.07) is 0. The Morgan fingerprint density at radius 1 is 0.525 bits per heavy atom. The highest BCUT2D eigenvalue weighted by Crippen LogP contribution is 2.38. The van der Waals surface area contributed by atoms with Crippen molar-refractivity contribution in [2.45, 2.75) is 206 Å². The highest BCUT2D eigenvalue weighted by Gasteiger charge is 2.21. The van der Waals surface area contributed by atoms with Gasteiger partial charge in [-0.15, -0.1) is 0 Å². The summed E-state index contributed by atoms with van der Waals surface area (Å²) in [6.45, 7) is 4.14. The second-order valence-electron chi connectivity index (χ2n) is 17.1. The van der Waals surface area contributed by atoms with Crippen LogP contribution in [-0.4, -0.2) is 70.0 Å². The van der Waals surface area contributed by atoms with Crippen LogP contribution < -0.4 is 4.89 Å². The van der Waals surface area contributed by atoms with Crippen LogP contribution in [0.4, 0.5) is 0 Å². The average molecular weight is 852 g/mol. The lowest BCUT2D eigenvalue weighted by Crippen LogP contribution is -2.37.